The van der Waals surface area contributed by atoms with Crippen molar-refractivity contribution in [3.63, 3.8) is 0 Å². The molecule has 0 bridgehead atoms. The fourth-order valence-corrected chi connectivity index (χ4v) is 5.38. The zero-order chi connectivity index (χ0) is 24.2. The first-order chi connectivity index (χ1) is 17.7. The highest BCUT2D eigenvalue weighted by molar-refractivity contribution is 6.33. The monoisotopic (exact) mass is 464 g/mol. The van der Waals surface area contributed by atoms with Crippen LogP contribution in [0.2, 0.25) is 0 Å². The van der Waals surface area contributed by atoms with Gasteiger partial charge in [0.1, 0.15) is 0 Å². The highest BCUT2D eigenvalue weighted by Crippen LogP contribution is 2.41. The van der Waals surface area contributed by atoms with Gasteiger partial charge in [-0.3, -0.25) is 9.59 Å². The van der Waals surface area contributed by atoms with E-state index in [0.29, 0.717) is 16.5 Å². The molecule has 7 rings (SSSR count). The van der Waals surface area contributed by atoms with E-state index in [2.05, 4.69) is 0 Å². The van der Waals surface area contributed by atoms with Crippen molar-refractivity contribution in [3.8, 4) is 22.5 Å². The molecule has 4 nitrogen and oxygen atoms in total. The minimum absolute atomic E-state index is 0.334. The van der Waals surface area contributed by atoms with E-state index in [4.69, 9.17) is 0 Å². The Bertz CT molecular complexity index is 1690. The quantitative estimate of drug-likeness (QED) is 0.263. The molecule has 0 atom stereocenters. The first kappa shape index (κ1) is 20.4. The molecule has 0 unspecified atom stereocenters. The summed E-state index contributed by atoms with van der Waals surface area (Å²) in [7, 11) is 0. The number of amides is 2. The fourth-order valence-electron chi connectivity index (χ4n) is 5.38. The van der Waals surface area contributed by atoms with Crippen LogP contribution in [0.15, 0.2) is 121 Å². The highest BCUT2D eigenvalue weighted by Gasteiger charge is 2.37. The van der Waals surface area contributed by atoms with Gasteiger partial charge in [0.25, 0.3) is 11.8 Å². The second-order valence-electron chi connectivity index (χ2n) is 8.92. The Morgan fingerprint density at radius 1 is 0.444 bits per heavy atom. The van der Waals surface area contributed by atoms with Gasteiger partial charge in [0.2, 0.25) is 0 Å². The molecule has 1 aliphatic heterocycles. The lowest BCUT2D eigenvalue weighted by atomic mass is 9.95. The molecule has 2 amide bonds. The number of benzene rings is 5. The number of hydrogen-bond acceptors (Lipinski definition) is 2. The maximum absolute atomic E-state index is 14.1. The van der Waals surface area contributed by atoms with Crippen molar-refractivity contribution in [1.82, 2.24) is 4.68 Å². The van der Waals surface area contributed by atoms with Crippen LogP contribution in [0.1, 0.15) is 20.7 Å². The summed E-state index contributed by atoms with van der Waals surface area (Å²) in [5.74, 6) is -0.669. The van der Waals surface area contributed by atoms with Crippen LogP contribution in [-0.2, 0) is 0 Å². The summed E-state index contributed by atoms with van der Waals surface area (Å²) in [5.41, 5.74) is 4.51. The zero-order valence-electron chi connectivity index (χ0n) is 19.3. The van der Waals surface area contributed by atoms with E-state index in [1.807, 2.05) is 114 Å². The third kappa shape index (κ3) is 2.82. The Morgan fingerprint density at radius 2 is 0.889 bits per heavy atom. The van der Waals surface area contributed by atoms with Crippen molar-refractivity contribution in [1.29, 1.82) is 0 Å². The molecule has 2 heterocycles. The van der Waals surface area contributed by atoms with Crippen LogP contribution < -0.4 is 5.01 Å². The van der Waals surface area contributed by atoms with Gasteiger partial charge in [0, 0.05) is 27.3 Å². The lowest BCUT2D eigenvalue weighted by molar-refractivity contribution is 0.0854. The van der Waals surface area contributed by atoms with Gasteiger partial charge in [-0.2, -0.15) is 5.01 Å². The summed E-state index contributed by atoms with van der Waals surface area (Å²) in [6.07, 6.45) is 0. The largest absolute Gasteiger partial charge is 0.280 e. The van der Waals surface area contributed by atoms with Crippen molar-refractivity contribution in [2.75, 3.05) is 5.01 Å². The summed E-state index contributed by atoms with van der Waals surface area (Å²) < 4.78 is 1.83. The molecule has 0 saturated heterocycles. The van der Waals surface area contributed by atoms with Crippen molar-refractivity contribution >= 4 is 33.4 Å². The van der Waals surface area contributed by atoms with Gasteiger partial charge >= 0.3 is 0 Å². The molecule has 0 radical (unpaired) electrons. The van der Waals surface area contributed by atoms with Crippen LogP contribution in [0.5, 0.6) is 0 Å². The van der Waals surface area contributed by atoms with Gasteiger partial charge in [-0.1, -0.05) is 109 Å². The second kappa shape index (κ2) is 7.79. The number of aromatic nitrogens is 1. The van der Waals surface area contributed by atoms with E-state index in [1.54, 1.807) is 12.1 Å². The number of imide groups is 1. The van der Waals surface area contributed by atoms with Crippen LogP contribution in [0.3, 0.4) is 0 Å². The van der Waals surface area contributed by atoms with E-state index in [-0.39, 0.29) is 11.8 Å². The van der Waals surface area contributed by atoms with E-state index < -0.39 is 0 Å². The van der Waals surface area contributed by atoms with Gasteiger partial charge in [0.05, 0.1) is 22.5 Å². The normalized spacial score (nSPS) is 13.1. The zero-order valence-corrected chi connectivity index (χ0v) is 19.3. The molecule has 1 aliphatic rings. The molecule has 4 heteroatoms. The van der Waals surface area contributed by atoms with Crippen molar-refractivity contribution in [2.24, 2.45) is 0 Å². The Balaban J connectivity index is 1.62. The van der Waals surface area contributed by atoms with Crippen LogP contribution in [0.25, 0.3) is 44.1 Å². The Hall–Kier alpha value is -4.96. The number of rotatable bonds is 3. The lowest BCUT2D eigenvalue weighted by Gasteiger charge is -2.31. The maximum atomic E-state index is 14.1. The highest BCUT2D eigenvalue weighted by atomic mass is 16.2. The van der Waals surface area contributed by atoms with Crippen LogP contribution in [-0.4, -0.2) is 16.5 Å². The Labute approximate surface area is 207 Å². The summed E-state index contributed by atoms with van der Waals surface area (Å²) in [5, 5.41) is 4.86. The summed E-state index contributed by atoms with van der Waals surface area (Å²) in [6, 6.07) is 39.2. The van der Waals surface area contributed by atoms with Gasteiger partial charge in [-0.15, -0.1) is 0 Å². The first-order valence-corrected chi connectivity index (χ1v) is 11.9. The number of carbonyl (C=O) groups is 2. The molecule has 6 aromatic rings. The molecule has 1 aromatic heterocycles. The number of hydrogen-bond donors (Lipinski definition) is 0. The minimum Gasteiger partial charge on any atom is -0.267 e. The molecule has 0 N–H and O–H groups in total. The van der Waals surface area contributed by atoms with Gasteiger partial charge in [-0.25, -0.2) is 4.68 Å². The second-order valence-corrected chi connectivity index (χ2v) is 8.92. The molecule has 5 aromatic carbocycles. The maximum Gasteiger partial charge on any atom is 0.280 e. The van der Waals surface area contributed by atoms with Crippen molar-refractivity contribution in [2.45, 2.75) is 0 Å². The average Bonchev–Trinajstić information content (AvgIpc) is 3.27. The number of nitrogens with zero attached hydrogens (tertiary/aromatic N) is 2. The third-order valence-corrected chi connectivity index (χ3v) is 6.91. The predicted molar refractivity (Wildman–Crippen MR) is 144 cm³/mol. The minimum atomic E-state index is -0.334. The lowest BCUT2D eigenvalue weighted by Crippen LogP contribution is -2.48. The standard InChI is InChI=1S/C32H20N2O2/c35-31-26-19-9-15-21-16-10-20-27(28(21)26)32(36)34(31)33-29(22-11-3-1-4-12-22)24-17-7-8-18-25(24)30(33)23-13-5-2-6-14-23/h1-20H. The molecule has 170 valence electrons. The Kier molecular flexibility index (Phi) is 4.42. The molecule has 36 heavy (non-hydrogen) atoms. The molecule has 0 aliphatic carbocycles. The van der Waals surface area contributed by atoms with Crippen LogP contribution >= 0.6 is 0 Å². The van der Waals surface area contributed by atoms with E-state index in [0.717, 1.165) is 38.7 Å². The van der Waals surface area contributed by atoms with Crippen molar-refractivity contribution < 1.29 is 9.59 Å². The molecule has 0 spiro atoms. The topological polar surface area (TPSA) is 42.3 Å². The van der Waals surface area contributed by atoms with Crippen LogP contribution in [0.4, 0.5) is 0 Å². The van der Waals surface area contributed by atoms with E-state index >= 15 is 0 Å². The third-order valence-electron chi connectivity index (χ3n) is 6.91. The van der Waals surface area contributed by atoms with E-state index in [1.165, 1.54) is 5.01 Å². The average molecular weight is 465 g/mol. The summed E-state index contributed by atoms with van der Waals surface area (Å²) in [4.78, 5) is 28.3. The fraction of sp³-hybridized carbons (Fsp3) is 0. The number of fused-ring (bicyclic) bond motifs is 1. The molecule has 0 fully saturated rings. The van der Waals surface area contributed by atoms with Crippen LogP contribution in [0, 0.1) is 0 Å². The van der Waals surface area contributed by atoms with Crippen molar-refractivity contribution in [3.05, 3.63) is 132 Å². The predicted octanol–water partition coefficient (Wildman–Crippen LogP) is 7.06. The Morgan fingerprint density at radius 3 is 1.36 bits per heavy atom. The summed E-state index contributed by atoms with van der Waals surface area (Å²) >= 11 is 0. The first-order valence-electron chi connectivity index (χ1n) is 11.9. The number of carbonyl (C=O) groups excluding carboxylic acids is 2. The summed E-state index contributed by atoms with van der Waals surface area (Å²) in [6.45, 7) is 0. The van der Waals surface area contributed by atoms with Gasteiger partial charge in [0.15, 0.2) is 0 Å². The molecular formula is C32H20N2O2. The molecular weight excluding hydrogens is 444 g/mol. The smallest absolute Gasteiger partial charge is 0.267 e. The van der Waals surface area contributed by atoms with E-state index in [9.17, 15) is 9.59 Å². The van der Waals surface area contributed by atoms with Gasteiger partial charge in [-0.05, 0) is 17.5 Å². The molecule has 0 saturated carbocycles. The van der Waals surface area contributed by atoms with Gasteiger partial charge < -0.3 is 0 Å². The SMILES string of the molecule is O=C1c2cccc3cccc(c23)C(=O)N1n1c(-c2ccccc2)c2ccccc2c1-c1ccccc1.